The summed E-state index contributed by atoms with van der Waals surface area (Å²) in [5.41, 5.74) is 0.633. The molecule has 0 aliphatic carbocycles. The average Bonchev–Trinajstić information content (AvgIpc) is 2.63. The second kappa shape index (κ2) is 7.61. The third-order valence-electron chi connectivity index (χ3n) is 4.61. The third-order valence-corrected chi connectivity index (χ3v) is 4.61. The summed E-state index contributed by atoms with van der Waals surface area (Å²) in [5, 5.41) is 9.23. The quantitative estimate of drug-likeness (QED) is 0.926. The number of rotatable bonds is 4. The zero-order chi connectivity index (χ0) is 17.8. The van der Waals surface area contributed by atoms with E-state index in [-0.39, 0.29) is 29.9 Å². The minimum absolute atomic E-state index is 0.0254. The van der Waals surface area contributed by atoms with Crippen molar-refractivity contribution in [1.29, 1.82) is 0 Å². The first kappa shape index (κ1) is 17.4. The zero-order valence-electron chi connectivity index (χ0n) is 13.9. The van der Waals surface area contributed by atoms with E-state index in [0.29, 0.717) is 24.2 Å². The van der Waals surface area contributed by atoms with E-state index in [1.54, 1.807) is 4.90 Å². The molecule has 2 aromatic rings. The third kappa shape index (κ3) is 3.79. The first-order valence-corrected chi connectivity index (χ1v) is 8.50. The molecule has 0 saturated carbocycles. The van der Waals surface area contributed by atoms with Crippen molar-refractivity contribution in [3.8, 4) is 5.69 Å². The van der Waals surface area contributed by atoms with Crippen LogP contribution >= 0.6 is 0 Å². The van der Waals surface area contributed by atoms with Crippen LogP contribution in [-0.4, -0.2) is 39.7 Å². The second-order valence-corrected chi connectivity index (χ2v) is 6.26. The lowest BCUT2D eigenvalue weighted by molar-refractivity contribution is 0.0574. The van der Waals surface area contributed by atoms with Gasteiger partial charge in [0.25, 0.3) is 11.5 Å². The van der Waals surface area contributed by atoms with E-state index in [1.165, 1.54) is 47.2 Å². The van der Waals surface area contributed by atoms with E-state index < -0.39 is 0 Å². The fourth-order valence-electron chi connectivity index (χ4n) is 3.30. The topological polar surface area (TPSA) is 62.5 Å². The van der Waals surface area contributed by atoms with Crippen molar-refractivity contribution in [3.05, 3.63) is 64.3 Å². The van der Waals surface area contributed by atoms with Crippen LogP contribution in [0.15, 0.2) is 47.4 Å². The van der Waals surface area contributed by atoms with Crippen LogP contribution in [0.5, 0.6) is 0 Å². The fourth-order valence-corrected chi connectivity index (χ4v) is 3.30. The SMILES string of the molecule is O=C(c1ccc(=O)n(-c2ccc(F)cc2)c1)N1CCCC[C@@H]1CCO. The largest absolute Gasteiger partial charge is 0.396 e. The lowest BCUT2D eigenvalue weighted by Gasteiger charge is -2.35. The number of nitrogens with zero attached hydrogens (tertiary/aromatic N) is 2. The van der Waals surface area contributed by atoms with Gasteiger partial charge in [-0.3, -0.25) is 14.2 Å². The maximum atomic E-state index is 13.1. The molecule has 1 aliphatic rings. The Hall–Kier alpha value is -2.47. The lowest BCUT2D eigenvalue weighted by Crippen LogP contribution is -2.44. The van der Waals surface area contributed by atoms with E-state index in [2.05, 4.69) is 0 Å². The number of piperidine rings is 1. The van der Waals surface area contributed by atoms with E-state index in [0.717, 1.165) is 19.3 Å². The number of aliphatic hydroxyl groups is 1. The van der Waals surface area contributed by atoms with Crippen molar-refractivity contribution >= 4 is 5.91 Å². The van der Waals surface area contributed by atoms with Crippen LogP contribution in [0.4, 0.5) is 4.39 Å². The molecule has 1 aliphatic heterocycles. The maximum Gasteiger partial charge on any atom is 0.255 e. The van der Waals surface area contributed by atoms with E-state index in [4.69, 9.17) is 0 Å². The first-order chi connectivity index (χ1) is 12.1. The summed E-state index contributed by atoms with van der Waals surface area (Å²) in [6.45, 7) is 0.697. The molecular weight excluding hydrogens is 323 g/mol. The summed E-state index contributed by atoms with van der Waals surface area (Å²) in [5.74, 6) is -0.529. The van der Waals surface area contributed by atoms with Crippen molar-refractivity contribution < 1.29 is 14.3 Å². The molecule has 0 bridgehead atoms. The van der Waals surface area contributed by atoms with Gasteiger partial charge in [-0.2, -0.15) is 0 Å². The van der Waals surface area contributed by atoms with Gasteiger partial charge < -0.3 is 10.0 Å². The van der Waals surface area contributed by atoms with Crippen LogP contribution in [0.25, 0.3) is 5.69 Å². The number of hydrogen-bond acceptors (Lipinski definition) is 3. The van der Waals surface area contributed by atoms with Crippen molar-refractivity contribution in [1.82, 2.24) is 9.47 Å². The Morgan fingerprint density at radius 3 is 2.64 bits per heavy atom. The predicted octanol–water partition coefficient (Wildman–Crippen LogP) is 2.35. The first-order valence-electron chi connectivity index (χ1n) is 8.50. The maximum absolute atomic E-state index is 13.1. The van der Waals surface area contributed by atoms with Gasteiger partial charge in [-0.1, -0.05) is 0 Å². The van der Waals surface area contributed by atoms with Crippen LogP contribution in [0.2, 0.25) is 0 Å². The molecule has 1 amide bonds. The Labute approximate surface area is 145 Å². The molecule has 1 saturated heterocycles. The molecule has 0 unspecified atom stereocenters. The van der Waals surface area contributed by atoms with Crippen molar-refractivity contribution in [2.45, 2.75) is 31.7 Å². The van der Waals surface area contributed by atoms with Gasteiger partial charge in [0.05, 0.1) is 5.56 Å². The van der Waals surface area contributed by atoms with Crippen LogP contribution in [-0.2, 0) is 0 Å². The molecule has 25 heavy (non-hydrogen) atoms. The highest BCUT2D eigenvalue weighted by Crippen LogP contribution is 2.22. The molecular formula is C19H21FN2O3. The summed E-state index contributed by atoms with van der Waals surface area (Å²) in [4.78, 5) is 26.8. The van der Waals surface area contributed by atoms with Crippen molar-refractivity contribution in [2.24, 2.45) is 0 Å². The van der Waals surface area contributed by atoms with Gasteiger partial charge >= 0.3 is 0 Å². The van der Waals surface area contributed by atoms with Gasteiger partial charge in [0.15, 0.2) is 0 Å². The summed E-state index contributed by atoms with van der Waals surface area (Å²) >= 11 is 0. The fraction of sp³-hybridized carbons (Fsp3) is 0.368. The zero-order valence-corrected chi connectivity index (χ0v) is 13.9. The highest BCUT2D eigenvalue weighted by molar-refractivity contribution is 5.94. The van der Waals surface area contributed by atoms with Crippen LogP contribution in [0, 0.1) is 5.82 Å². The lowest BCUT2D eigenvalue weighted by atomic mass is 9.98. The Morgan fingerprint density at radius 1 is 1.16 bits per heavy atom. The molecule has 0 spiro atoms. The highest BCUT2D eigenvalue weighted by Gasteiger charge is 2.27. The van der Waals surface area contributed by atoms with Crippen LogP contribution in [0.1, 0.15) is 36.0 Å². The molecule has 2 heterocycles. The molecule has 1 aromatic heterocycles. The number of carbonyl (C=O) groups is 1. The second-order valence-electron chi connectivity index (χ2n) is 6.26. The number of carbonyl (C=O) groups excluding carboxylic acids is 1. The van der Waals surface area contributed by atoms with E-state index >= 15 is 0 Å². The molecule has 0 radical (unpaired) electrons. The van der Waals surface area contributed by atoms with E-state index in [9.17, 15) is 19.1 Å². The van der Waals surface area contributed by atoms with Gasteiger partial charge in [-0.15, -0.1) is 0 Å². The normalized spacial score (nSPS) is 17.5. The number of likely N-dealkylation sites (tertiary alicyclic amines) is 1. The standard InChI is InChI=1S/C19H21FN2O3/c20-15-5-7-17(8-6-15)22-13-14(4-9-18(22)24)19(25)21-11-2-1-3-16(21)10-12-23/h4-9,13,16,23H,1-3,10-12H2/t16-/m1/s1. The summed E-state index contributed by atoms with van der Waals surface area (Å²) in [7, 11) is 0. The Kier molecular flexibility index (Phi) is 5.28. The van der Waals surface area contributed by atoms with Gasteiger partial charge in [0, 0.05) is 37.1 Å². The summed E-state index contributed by atoms with van der Waals surface area (Å²) in [6.07, 6.45) is 4.92. The van der Waals surface area contributed by atoms with Gasteiger partial charge in [-0.25, -0.2) is 4.39 Å². The average molecular weight is 344 g/mol. The number of pyridine rings is 1. The minimum atomic E-state index is -0.385. The Bertz CT molecular complexity index is 799. The number of aromatic nitrogens is 1. The molecule has 1 aromatic carbocycles. The molecule has 5 nitrogen and oxygen atoms in total. The summed E-state index contributed by atoms with van der Waals surface area (Å²) < 4.78 is 14.4. The number of halogens is 1. The summed E-state index contributed by atoms with van der Waals surface area (Å²) in [6, 6.07) is 8.45. The monoisotopic (exact) mass is 344 g/mol. The minimum Gasteiger partial charge on any atom is -0.396 e. The van der Waals surface area contributed by atoms with Crippen molar-refractivity contribution in [3.63, 3.8) is 0 Å². The molecule has 6 heteroatoms. The Balaban J connectivity index is 1.92. The van der Waals surface area contributed by atoms with Crippen molar-refractivity contribution in [2.75, 3.05) is 13.2 Å². The Morgan fingerprint density at radius 2 is 1.92 bits per heavy atom. The molecule has 1 N–H and O–H groups in total. The van der Waals surface area contributed by atoms with Gasteiger partial charge in [0.1, 0.15) is 5.82 Å². The predicted molar refractivity (Wildman–Crippen MR) is 92.4 cm³/mol. The number of aliphatic hydroxyl groups excluding tert-OH is 1. The number of benzene rings is 1. The van der Waals surface area contributed by atoms with Gasteiger partial charge in [-0.05, 0) is 56.0 Å². The number of amides is 1. The molecule has 132 valence electrons. The van der Waals surface area contributed by atoms with Crippen LogP contribution in [0.3, 0.4) is 0 Å². The van der Waals surface area contributed by atoms with Gasteiger partial charge in [0.2, 0.25) is 0 Å². The smallest absolute Gasteiger partial charge is 0.255 e. The molecule has 3 rings (SSSR count). The number of hydrogen-bond donors (Lipinski definition) is 1. The molecule has 1 fully saturated rings. The van der Waals surface area contributed by atoms with Crippen LogP contribution < -0.4 is 5.56 Å². The molecule has 1 atom stereocenters. The highest BCUT2D eigenvalue weighted by atomic mass is 19.1. The van der Waals surface area contributed by atoms with E-state index in [1.807, 2.05) is 0 Å².